The summed E-state index contributed by atoms with van der Waals surface area (Å²) in [6.45, 7) is 0. The van der Waals surface area contributed by atoms with Gasteiger partial charge in [0.1, 0.15) is 5.75 Å². The van der Waals surface area contributed by atoms with Crippen LogP contribution in [0.2, 0.25) is 0 Å². The van der Waals surface area contributed by atoms with Gasteiger partial charge in [-0.2, -0.15) is 0 Å². The molecule has 25 heavy (non-hydrogen) atoms. The first kappa shape index (κ1) is 19.3. The van der Waals surface area contributed by atoms with Gasteiger partial charge < -0.3 is 9.47 Å². The maximum atomic E-state index is 13.0. The number of hydrogen-bond acceptors (Lipinski definition) is 5. The van der Waals surface area contributed by atoms with Crippen molar-refractivity contribution >= 4 is 37.6 Å². The van der Waals surface area contributed by atoms with Crippen LogP contribution in [-0.4, -0.2) is 35.7 Å². The Morgan fingerprint density at radius 1 is 1.12 bits per heavy atom. The lowest BCUT2D eigenvalue weighted by atomic mass is 10.1. The Hall–Kier alpha value is -2.06. The summed E-state index contributed by atoms with van der Waals surface area (Å²) >= 11 is 3.33. The van der Waals surface area contributed by atoms with Gasteiger partial charge >= 0.3 is 5.97 Å². The zero-order valence-corrected chi connectivity index (χ0v) is 16.4. The van der Waals surface area contributed by atoms with Crippen LogP contribution in [0.4, 0.5) is 5.69 Å². The van der Waals surface area contributed by atoms with Crippen LogP contribution in [0.3, 0.4) is 0 Å². The number of nitrogens with zero attached hydrogens (tertiary/aromatic N) is 1. The molecule has 134 valence electrons. The minimum absolute atomic E-state index is 0.0935. The van der Waals surface area contributed by atoms with Crippen LogP contribution in [0.25, 0.3) is 0 Å². The lowest BCUT2D eigenvalue weighted by Gasteiger charge is -2.24. The fourth-order valence-electron chi connectivity index (χ4n) is 2.37. The van der Waals surface area contributed by atoms with E-state index in [2.05, 4.69) is 15.9 Å². The average molecular weight is 428 g/mol. The fraction of sp³-hybridized carbons (Fsp3) is 0.235. The van der Waals surface area contributed by atoms with Crippen molar-refractivity contribution in [3.8, 4) is 5.75 Å². The lowest BCUT2D eigenvalue weighted by molar-refractivity contribution is 0.0601. The van der Waals surface area contributed by atoms with Gasteiger partial charge in [0.2, 0.25) is 0 Å². The molecular weight excluding hydrogens is 410 g/mol. The van der Waals surface area contributed by atoms with E-state index < -0.39 is 16.0 Å². The minimum Gasteiger partial charge on any atom is -0.497 e. The van der Waals surface area contributed by atoms with Crippen LogP contribution >= 0.6 is 15.9 Å². The van der Waals surface area contributed by atoms with Crippen molar-refractivity contribution in [2.45, 2.75) is 10.2 Å². The first-order chi connectivity index (χ1) is 11.9. The average Bonchev–Trinajstić information content (AvgIpc) is 2.65. The molecule has 0 aliphatic rings. The van der Waals surface area contributed by atoms with Gasteiger partial charge in [-0.1, -0.05) is 28.1 Å². The summed E-state index contributed by atoms with van der Waals surface area (Å²) in [5, 5.41) is 0.385. The highest BCUT2D eigenvalue weighted by molar-refractivity contribution is 9.08. The Labute approximate surface area is 155 Å². The Bertz CT molecular complexity index is 865. The second-order valence-electron chi connectivity index (χ2n) is 5.09. The molecule has 2 rings (SSSR count). The van der Waals surface area contributed by atoms with Crippen LogP contribution in [0, 0.1) is 0 Å². The first-order valence-electron chi connectivity index (χ1n) is 7.26. The van der Waals surface area contributed by atoms with Crippen molar-refractivity contribution in [3.05, 3.63) is 53.6 Å². The predicted octanol–water partition coefficient (Wildman–Crippen LogP) is 3.20. The second-order valence-corrected chi connectivity index (χ2v) is 7.62. The number of halogens is 1. The van der Waals surface area contributed by atoms with Crippen LogP contribution in [-0.2, 0) is 20.1 Å². The van der Waals surface area contributed by atoms with Crippen molar-refractivity contribution in [1.29, 1.82) is 0 Å². The molecule has 0 amide bonds. The van der Waals surface area contributed by atoms with E-state index in [1.807, 2.05) is 0 Å². The summed E-state index contributed by atoms with van der Waals surface area (Å²) in [4.78, 5) is 12.2. The van der Waals surface area contributed by atoms with Crippen molar-refractivity contribution < 1.29 is 22.7 Å². The standard InChI is InChI=1S/C17H18BrNO5S/c1-19(25(21,22)14-9-7-13(23-2)8-10-14)16-12(11-18)5-4-6-15(16)17(20)24-3/h4-10H,11H2,1-3H3. The molecule has 0 aliphatic heterocycles. The number of alkyl halides is 1. The summed E-state index contributed by atoms with van der Waals surface area (Å²) < 4.78 is 36.9. The zero-order chi connectivity index (χ0) is 18.6. The number of para-hydroxylation sites is 1. The zero-order valence-electron chi connectivity index (χ0n) is 14.0. The quantitative estimate of drug-likeness (QED) is 0.522. The third-order valence-electron chi connectivity index (χ3n) is 3.70. The van der Waals surface area contributed by atoms with Crippen molar-refractivity contribution in [2.24, 2.45) is 0 Å². The first-order valence-corrected chi connectivity index (χ1v) is 9.82. The molecule has 0 heterocycles. The molecule has 0 fully saturated rings. The van der Waals surface area contributed by atoms with Crippen LogP contribution in [0.15, 0.2) is 47.4 Å². The molecule has 0 aromatic heterocycles. The van der Waals surface area contributed by atoms with E-state index in [-0.39, 0.29) is 16.1 Å². The highest BCUT2D eigenvalue weighted by atomic mass is 79.9. The Morgan fingerprint density at radius 2 is 1.76 bits per heavy atom. The topological polar surface area (TPSA) is 72.9 Å². The SMILES string of the molecule is COC(=O)c1cccc(CBr)c1N(C)S(=O)(=O)c1ccc(OC)cc1. The normalized spacial score (nSPS) is 11.0. The molecule has 0 spiro atoms. The molecular formula is C17H18BrNO5S. The number of rotatable bonds is 6. The number of benzene rings is 2. The highest BCUT2D eigenvalue weighted by Gasteiger charge is 2.27. The molecule has 8 heteroatoms. The Kier molecular flexibility index (Phi) is 6.07. The van der Waals surface area contributed by atoms with E-state index >= 15 is 0 Å². The van der Waals surface area contributed by atoms with Crippen LogP contribution in [0.5, 0.6) is 5.75 Å². The molecule has 0 atom stereocenters. The van der Waals surface area contributed by atoms with Gasteiger partial charge in [0.05, 0.1) is 30.4 Å². The second kappa shape index (κ2) is 7.88. The molecule has 0 saturated heterocycles. The van der Waals surface area contributed by atoms with Crippen molar-refractivity contribution in [2.75, 3.05) is 25.6 Å². The minimum atomic E-state index is -3.86. The van der Waals surface area contributed by atoms with Gasteiger partial charge in [-0.25, -0.2) is 13.2 Å². The van der Waals surface area contributed by atoms with E-state index in [9.17, 15) is 13.2 Å². The number of hydrogen-bond donors (Lipinski definition) is 0. The van der Waals surface area contributed by atoms with Gasteiger partial charge in [-0.05, 0) is 35.9 Å². The van der Waals surface area contributed by atoms with Crippen molar-refractivity contribution in [1.82, 2.24) is 0 Å². The third kappa shape index (κ3) is 3.80. The molecule has 2 aromatic rings. The van der Waals surface area contributed by atoms with Gasteiger partial charge in [0.15, 0.2) is 0 Å². The summed E-state index contributed by atoms with van der Waals surface area (Å²) in [5.74, 6) is -0.0488. The maximum absolute atomic E-state index is 13.0. The van der Waals surface area contributed by atoms with Crippen LogP contribution < -0.4 is 9.04 Å². The van der Waals surface area contributed by atoms with E-state index in [0.29, 0.717) is 16.6 Å². The number of methoxy groups -OCH3 is 2. The summed E-state index contributed by atoms with van der Waals surface area (Å²) in [5.41, 5.74) is 1.11. The van der Waals surface area contributed by atoms with E-state index in [1.54, 1.807) is 24.3 Å². The predicted molar refractivity (Wildman–Crippen MR) is 99.0 cm³/mol. The van der Waals surface area contributed by atoms with Crippen LogP contribution in [0.1, 0.15) is 15.9 Å². The number of ether oxygens (including phenoxy) is 2. The number of carbonyl (C=O) groups excluding carboxylic acids is 1. The van der Waals surface area contributed by atoms with Crippen molar-refractivity contribution in [3.63, 3.8) is 0 Å². The fourth-order valence-corrected chi connectivity index (χ4v) is 4.08. The number of anilines is 1. The molecule has 0 radical (unpaired) electrons. The molecule has 0 saturated carbocycles. The highest BCUT2D eigenvalue weighted by Crippen LogP contribution is 2.31. The number of esters is 1. The molecule has 0 bridgehead atoms. The smallest absolute Gasteiger partial charge is 0.340 e. The summed E-state index contributed by atoms with van der Waals surface area (Å²) in [6, 6.07) is 11.0. The molecule has 0 unspecified atom stereocenters. The van der Waals surface area contributed by atoms with Gasteiger partial charge in [0, 0.05) is 12.4 Å². The van der Waals surface area contributed by atoms with Gasteiger partial charge in [-0.3, -0.25) is 4.31 Å². The number of sulfonamides is 1. The molecule has 6 nitrogen and oxygen atoms in total. The van der Waals surface area contributed by atoms with Gasteiger partial charge in [-0.15, -0.1) is 0 Å². The van der Waals surface area contributed by atoms with Gasteiger partial charge in [0.25, 0.3) is 10.0 Å². The van der Waals surface area contributed by atoms with E-state index in [1.165, 1.54) is 39.5 Å². The largest absolute Gasteiger partial charge is 0.497 e. The monoisotopic (exact) mass is 427 g/mol. The van der Waals surface area contributed by atoms with E-state index in [4.69, 9.17) is 9.47 Å². The summed E-state index contributed by atoms with van der Waals surface area (Å²) in [6.07, 6.45) is 0. The third-order valence-corrected chi connectivity index (χ3v) is 6.08. The Balaban J connectivity index is 2.58. The molecule has 0 N–H and O–H groups in total. The molecule has 2 aromatic carbocycles. The lowest BCUT2D eigenvalue weighted by Crippen LogP contribution is -2.29. The van der Waals surface area contributed by atoms with E-state index in [0.717, 1.165) is 4.31 Å². The Morgan fingerprint density at radius 3 is 2.28 bits per heavy atom. The summed E-state index contributed by atoms with van der Waals surface area (Å²) in [7, 11) is 0.305. The molecule has 0 aliphatic carbocycles. The maximum Gasteiger partial charge on any atom is 0.340 e. The number of carbonyl (C=O) groups is 1.